The van der Waals surface area contributed by atoms with Gasteiger partial charge in [0.1, 0.15) is 0 Å². The molecule has 13 heavy (non-hydrogen) atoms. The van der Waals surface area contributed by atoms with E-state index in [1.165, 1.54) is 6.39 Å². The normalized spacial score (nSPS) is 10.3. The van der Waals surface area contributed by atoms with Crippen LogP contribution in [0.5, 0.6) is 0 Å². The largest absolute Gasteiger partial charge is 0.443 e. The Labute approximate surface area is 86.0 Å². The number of nitrogens with zero attached hydrogens (tertiary/aromatic N) is 1. The van der Waals surface area contributed by atoms with Crippen molar-refractivity contribution < 1.29 is 4.42 Å². The van der Waals surface area contributed by atoms with Gasteiger partial charge in [0, 0.05) is 10.5 Å². The molecule has 2 nitrogen and oxygen atoms in total. The second-order valence-electron chi connectivity index (χ2n) is 2.53. The minimum atomic E-state index is 0.615. The number of thiol groups is 1. The molecule has 0 atom stereocenters. The zero-order valence-electron chi connectivity index (χ0n) is 6.57. The Hall–Kier alpha value is -0.930. The second-order valence-corrected chi connectivity index (χ2v) is 3.45. The number of rotatable bonds is 1. The monoisotopic (exact) mass is 211 g/mol. The number of hydrogen-bond acceptors (Lipinski definition) is 3. The van der Waals surface area contributed by atoms with E-state index >= 15 is 0 Å². The standard InChI is InChI=1S/C9H6ClNOS/c10-8-3-6(13)1-2-7(8)9-4-11-5-12-9/h1-5,13H. The molecule has 0 amide bonds. The van der Waals surface area contributed by atoms with E-state index in [-0.39, 0.29) is 0 Å². The van der Waals surface area contributed by atoms with E-state index in [2.05, 4.69) is 17.6 Å². The molecule has 0 aliphatic rings. The molecule has 1 aromatic carbocycles. The molecular formula is C9H6ClNOS. The molecule has 0 radical (unpaired) electrons. The Morgan fingerprint density at radius 3 is 2.85 bits per heavy atom. The van der Waals surface area contributed by atoms with Gasteiger partial charge in [-0.15, -0.1) is 12.6 Å². The summed E-state index contributed by atoms with van der Waals surface area (Å²) in [6.45, 7) is 0. The lowest BCUT2D eigenvalue weighted by atomic mass is 10.2. The van der Waals surface area contributed by atoms with Gasteiger partial charge in [0.05, 0.1) is 11.2 Å². The Morgan fingerprint density at radius 2 is 2.23 bits per heavy atom. The number of aromatic nitrogens is 1. The van der Waals surface area contributed by atoms with Crippen LogP contribution < -0.4 is 0 Å². The van der Waals surface area contributed by atoms with Crippen molar-refractivity contribution in [1.29, 1.82) is 0 Å². The molecule has 0 saturated carbocycles. The van der Waals surface area contributed by atoms with Crippen molar-refractivity contribution in [3.63, 3.8) is 0 Å². The minimum absolute atomic E-state index is 0.615. The molecule has 0 unspecified atom stereocenters. The van der Waals surface area contributed by atoms with Crippen LogP contribution in [0.2, 0.25) is 5.02 Å². The molecule has 2 aromatic rings. The predicted molar refractivity (Wildman–Crippen MR) is 54.2 cm³/mol. The van der Waals surface area contributed by atoms with E-state index in [9.17, 15) is 0 Å². The predicted octanol–water partition coefficient (Wildman–Crippen LogP) is 3.28. The van der Waals surface area contributed by atoms with Crippen molar-refractivity contribution >= 4 is 24.2 Å². The summed E-state index contributed by atoms with van der Waals surface area (Å²) in [5, 5.41) is 0.615. The van der Waals surface area contributed by atoms with Crippen LogP contribution in [0.4, 0.5) is 0 Å². The maximum atomic E-state index is 5.98. The fourth-order valence-corrected chi connectivity index (χ4v) is 1.61. The van der Waals surface area contributed by atoms with Crippen LogP contribution in [0.15, 0.2) is 40.1 Å². The van der Waals surface area contributed by atoms with E-state index < -0.39 is 0 Å². The fourth-order valence-electron chi connectivity index (χ4n) is 1.05. The molecule has 66 valence electrons. The minimum Gasteiger partial charge on any atom is -0.443 e. The first kappa shape index (κ1) is 8.66. The highest BCUT2D eigenvalue weighted by atomic mass is 35.5. The third-order valence-corrected chi connectivity index (χ3v) is 2.24. The van der Waals surface area contributed by atoms with Crippen LogP contribution in [-0.2, 0) is 0 Å². The number of benzene rings is 1. The molecule has 2 rings (SSSR count). The molecule has 0 bridgehead atoms. The summed E-state index contributed by atoms with van der Waals surface area (Å²) >= 11 is 10.2. The lowest BCUT2D eigenvalue weighted by Gasteiger charge is -1.99. The van der Waals surface area contributed by atoms with Crippen LogP contribution in [0.3, 0.4) is 0 Å². The summed E-state index contributed by atoms with van der Waals surface area (Å²) in [6, 6.07) is 5.47. The van der Waals surface area contributed by atoms with E-state index in [4.69, 9.17) is 16.0 Å². The quantitative estimate of drug-likeness (QED) is 0.733. The molecule has 0 spiro atoms. The summed E-state index contributed by atoms with van der Waals surface area (Å²) < 4.78 is 5.12. The van der Waals surface area contributed by atoms with Crippen molar-refractivity contribution in [3.05, 3.63) is 35.8 Å². The summed E-state index contributed by atoms with van der Waals surface area (Å²) in [5.74, 6) is 0.665. The molecule has 1 heterocycles. The maximum Gasteiger partial charge on any atom is 0.181 e. The first-order valence-electron chi connectivity index (χ1n) is 3.65. The van der Waals surface area contributed by atoms with Crippen molar-refractivity contribution in [2.75, 3.05) is 0 Å². The van der Waals surface area contributed by atoms with Gasteiger partial charge in [0.2, 0.25) is 0 Å². The van der Waals surface area contributed by atoms with Crippen molar-refractivity contribution in [1.82, 2.24) is 4.98 Å². The number of hydrogen-bond donors (Lipinski definition) is 1. The van der Waals surface area contributed by atoms with E-state index in [0.717, 1.165) is 10.5 Å². The molecule has 1 aromatic heterocycles. The third kappa shape index (κ3) is 1.71. The molecule has 0 fully saturated rings. The van der Waals surface area contributed by atoms with Gasteiger partial charge in [0.15, 0.2) is 12.2 Å². The Bertz CT molecular complexity index is 414. The van der Waals surface area contributed by atoms with Gasteiger partial charge in [-0.25, -0.2) is 4.98 Å². The first-order chi connectivity index (χ1) is 6.27. The van der Waals surface area contributed by atoms with Crippen LogP contribution in [0.25, 0.3) is 11.3 Å². The lowest BCUT2D eigenvalue weighted by molar-refractivity contribution is 0.572. The van der Waals surface area contributed by atoms with Gasteiger partial charge < -0.3 is 4.42 Å². The molecule has 0 N–H and O–H groups in total. The van der Waals surface area contributed by atoms with Gasteiger partial charge in [-0.2, -0.15) is 0 Å². The van der Waals surface area contributed by atoms with E-state index in [0.29, 0.717) is 10.8 Å². The first-order valence-corrected chi connectivity index (χ1v) is 4.47. The smallest absolute Gasteiger partial charge is 0.181 e. The van der Waals surface area contributed by atoms with Gasteiger partial charge in [0.25, 0.3) is 0 Å². The third-order valence-electron chi connectivity index (χ3n) is 1.65. The number of halogens is 1. The zero-order valence-corrected chi connectivity index (χ0v) is 8.22. The van der Waals surface area contributed by atoms with E-state index in [1.807, 2.05) is 12.1 Å². The summed E-state index contributed by atoms with van der Waals surface area (Å²) in [6.07, 6.45) is 3.00. The van der Waals surface area contributed by atoms with Crippen LogP contribution in [-0.4, -0.2) is 4.98 Å². The molecule has 4 heteroatoms. The highest BCUT2D eigenvalue weighted by molar-refractivity contribution is 7.80. The number of oxazole rings is 1. The SMILES string of the molecule is Sc1ccc(-c2cnco2)c(Cl)c1. The second kappa shape index (κ2) is 3.44. The summed E-state index contributed by atoms with van der Waals surface area (Å²) in [4.78, 5) is 4.64. The Morgan fingerprint density at radius 1 is 1.38 bits per heavy atom. The summed E-state index contributed by atoms with van der Waals surface area (Å²) in [5.41, 5.74) is 0.831. The highest BCUT2D eigenvalue weighted by Gasteiger charge is 2.05. The van der Waals surface area contributed by atoms with Crippen LogP contribution >= 0.6 is 24.2 Å². The van der Waals surface area contributed by atoms with Crippen molar-refractivity contribution in [2.24, 2.45) is 0 Å². The van der Waals surface area contributed by atoms with Gasteiger partial charge in [-0.05, 0) is 18.2 Å². The highest BCUT2D eigenvalue weighted by Crippen LogP contribution is 2.29. The topological polar surface area (TPSA) is 26.0 Å². The molecular weight excluding hydrogens is 206 g/mol. The van der Waals surface area contributed by atoms with Gasteiger partial charge in [-0.3, -0.25) is 0 Å². The Kier molecular flexibility index (Phi) is 2.29. The lowest BCUT2D eigenvalue weighted by Crippen LogP contribution is -1.76. The average Bonchev–Trinajstić information content (AvgIpc) is 2.56. The molecule has 0 saturated heterocycles. The fraction of sp³-hybridized carbons (Fsp3) is 0. The average molecular weight is 212 g/mol. The van der Waals surface area contributed by atoms with Crippen LogP contribution in [0, 0.1) is 0 Å². The van der Waals surface area contributed by atoms with Crippen molar-refractivity contribution in [3.8, 4) is 11.3 Å². The zero-order chi connectivity index (χ0) is 9.26. The maximum absolute atomic E-state index is 5.98. The Balaban J connectivity index is 2.53. The van der Waals surface area contributed by atoms with E-state index in [1.54, 1.807) is 12.3 Å². The molecule has 0 aliphatic heterocycles. The van der Waals surface area contributed by atoms with Crippen molar-refractivity contribution in [2.45, 2.75) is 4.90 Å². The summed E-state index contributed by atoms with van der Waals surface area (Å²) in [7, 11) is 0. The molecule has 0 aliphatic carbocycles. The van der Waals surface area contributed by atoms with Gasteiger partial charge in [-0.1, -0.05) is 11.6 Å². The van der Waals surface area contributed by atoms with Crippen LogP contribution in [0.1, 0.15) is 0 Å². The van der Waals surface area contributed by atoms with Gasteiger partial charge >= 0.3 is 0 Å².